The Labute approximate surface area is 416 Å². The van der Waals surface area contributed by atoms with Gasteiger partial charge in [0.2, 0.25) is 12.1 Å². The van der Waals surface area contributed by atoms with Crippen LogP contribution in [0.5, 0.6) is 11.5 Å². The highest BCUT2D eigenvalue weighted by Gasteiger charge is 2.27. The van der Waals surface area contributed by atoms with E-state index >= 15 is 0 Å². The second-order valence-corrected chi connectivity index (χ2v) is 16.3. The maximum Gasteiger partial charge on any atom is 0.258 e. The number of carbonyl (C=O) groups excluding carboxylic acids is 6. The molecule has 4 N–H and O–H groups in total. The van der Waals surface area contributed by atoms with Gasteiger partial charge in [-0.15, -0.1) is 34.8 Å². The number of halogens is 5. The van der Waals surface area contributed by atoms with Gasteiger partial charge in [-0.25, -0.2) is 0 Å². The average molecular weight is 1030 g/mol. The average Bonchev–Trinajstić information content (AvgIpc) is 3.31. The summed E-state index contributed by atoms with van der Waals surface area (Å²) < 4.78 is 10.8. The van der Waals surface area contributed by atoms with Crippen LogP contribution in [0.2, 0.25) is 10.0 Å². The van der Waals surface area contributed by atoms with Crippen LogP contribution in [-0.4, -0.2) is 73.3 Å². The maximum atomic E-state index is 13.4. The molecule has 0 saturated carbocycles. The third kappa shape index (κ3) is 13.6. The van der Waals surface area contributed by atoms with Gasteiger partial charge >= 0.3 is 0 Å². The number of carbonyl (C=O) groups is 6. The minimum Gasteiger partial charge on any atom is -0.496 e. The summed E-state index contributed by atoms with van der Waals surface area (Å²) in [5.74, 6) is -2.45. The number of ether oxygens (including phenoxy) is 2. The molecule has 0 aliphatic rings. The minimum absolute atomic E-state index is 0.0143. The quantitative estimate of drug-likeness (QED) is 0.0314. The van der Waals surface area contributed by atoms with Gasteiger partial charge in [0.15, 0.2) is 11.6 Å². The molecule has 0 aromatic heterocycles. The third-order valence-electron chi connectivity index (χ3n) is 9.87. The van der Waals surface area contributed by atoms with E-state index in [4.69, 9.17) is 67.5 Å². The summed E-state index contributed by atoms with van der Waals surface area (Å²) in [5, 5.41) is 26.6. The van der Waals surface area contributed by atoms with E-state index in [9.17, 15) is 28.8 Å². The second kappa shape index (κ2) is 25.1. The fraction of sp³-hybridized carbons (Fsp3) is 0.234. The first kappa shape index (κ1) is 52.5. The number of anilines is 4. The fourth-order valence-corrected chi connectivity index (χ4v) is 7.52. The van der Waals surface area contributed by atoms with E-state index in [1.54, 1.807) is 36.4 Å². The number of hydrogen-bond donors (Lipinski definition) is 4. The zero-order valence-corrected chi connectivity index (χ0v) is 40.6. The molecule has 2 atom stereocenters. The van der Waals surface area contributed by atoms with E-state index in [0.717, 1.165) is 25.0 Å². The van der Waals surface area contributed by atoms with Crippen molar-refractivity contribution in [3.63, 3.8) is 0 Å². The lowest BCUT2D eigenvalue weighted by Crippen LogP contribution is -2.32. The van der Waals surface area contributed by atoms with Crippen LogP contribution in [0.1, 0.15) is 51.3 Å². The number of azo groups is 2. The topological polar surface area (TPSA) is 218 Å². The summed E-state index contributed by atoms with van der Waals surface area (Å²) in [6.07, 6.45) is 1.14. The Kier molecular flexibility index (Phi) is 19.4. The van der Waals surface area contributed by atoms with E-state index in [-0.39, 0.29) is 49.8 Å². The van der Waals surface area contributed by atoms with Gasteiger partial charge in [0.25, 0.3) is 23.6 Å². The van der Waals surface area contributed by atoms with Crippen molar-refractivity contribution in [2.24, 2.45) is 20.5 Å². The van der Waals surface area contributed by atoms with Crippen LogP contribution in [-0.2, 0) is 37.9 Å². The molecule has 16 nitrogen and oxygen atoms in total. The van der Waals surface area contributed by atoms with E-state index in [1.807, 2.05) is 0 Å². The van der Waals surface area contributed by atoms with Gasteiger partial charge in [-0.1, -0.05) is 47.5 Å². The van der Waals surface area contributed by atoms with Gasteiger partial charge in [-0.2, -0.15) is 20.5 Å². The Balaban J connectivity index is 1.25. The predicted octanol–water partition coefficient (Wildman–Crippen LogP) is 11.2. The molecule has 5 rings (SSSR count). The van der Waals surface area contributed by atoms with Crippen molar-refractivity contribution in [1.29, 1.82) is 0 Å². The van der Waals surface area contributed by atoms with Crippen molar-refractivity contribution >= 4 is 127 Å². The van der Waals surface area contributed by atoms with E-state index in [1.165, 1.54) is 68.8 Å². The largest absolute Gasteiger partial charge is 0.496 e. The molecule has 0 saturated heterocycles. The number of amides is 4. The van der Waals surface area contributed by atoms with Gasteiger partial charge in [-0.05, 0) is 98.0 Å². The number of hydrogen-bond acceptors (Lipinski definition) is 12. The normalized spacial score (nSPS) is 12.0. The lowest BCUT2D eigenvalue weighted by atomic mass is 10.1. The van der Waals surface area contributed by atoms with E-state index in [2.05, 4.69) is 41.7 Å². The van der Waals surface area contributed by atoms with Crippen LogP contribution in [0.3, 0.4) is 0 Å². The summed E-state index contributed by atoms with van der Waals surface area (Å²) in [6.45, 7) is 2.30. The zero-order chi connectivity index (χ0) is 49.5. The fourth-order valence-electron chi connectivity index (χ4n) is 6.40. The lowest BCUT2D eigenvalue weighted by molar-refractivity contribution is -0.127. The van der Waals surface area contributed by atoms with Gasteiger partial charge in [0, 0.05) is 52.5 Å². The Morgan fingerprint density at radius 1 is 0.544 bits per heavy atom. The number of nitrogens with zero attached hydrogens (tertiary/aromatic N) is 4. The summed E-state index contributed by atoms with van der Waals surface area (Å²) in [6, 6.07) is 20.2. The summed E-state index contributed by atoms with van der Waals surface area (Å²) >= 11 is 31.1. The molecule has 68 heavy (non-hydrogen) atoms. The highest BCUT2D eigenvalue weighted by atomic mass is 35.5. The molecule has 5 aromatic carbocycles. The highest BCUT2D eigenvalue weighted by molar-refractivity contribution is 6.37. The Morgan fingerprint density at radius 3 is 1.38 bits per heavy atom. The number of benzene rings is 5. The molecule has 2 unspecified atom stereocenters. The molecule has 0 aliphatic heterocycles. The predicted molar refractivity (Wildman–Crippen MR) is 265 cm³/mol. The smallest absolute Gasteiger partial charge is 0.258 e. The van der Waals surface area contributed by atoms with Gasteiger partial charge in [0.05, 0.1) is 35.4 Å². The van der Waals surface area contributed by atoms with Crippen LogP contribution in [0, 0.1) is 0 Å². The van der Waals surface area contributed by atoms with Crippen molar-refractivity contribution in [2.75, 3.05) is 47.2 Å². The number of aryl methyl sites for hydroxylation is 2. The molecular weight excluding hydrogens is 982 g/mol. The van der Waals surface area contributed by atoms with E-state index < -0.39 is 47.3 Å². The van der Waals surface area contributed by atoms with Crippen molar-refractivity contribution in [2.45, 2.75) is 44.7 Å². The molecular formula is C47H43Cl5N8O8. The van der Waals surface area contributed by atoms with Crippen LogP contribution >= 0.6 is 58.0 Å². The summed E-state index contributed by atoms with van der Waals surface area (Å²) in [7, 11) is 3.02. The molecule has 4 amide bonds. The van der Waals surface area contributed by atoms with Crippen molar-refractivity contribution in [1.82, 2.24) is 0 Å². The molecule has 21 heteroatoms. The Hall–Kier alpha value is -6.43. The minimum atomic E-state index is -1.64. The van der Waals surface area contributed by atoms with Crippen molar-refractivity contribution < 1.29 is 38.2 Å². The number of Topliss-reactive ketones (excluding diaryl/α,β-unsaturated/α-hetero) is 2. The van der Waals surface area contributed by atoms with Crippen molar-refractivity contribution in [3.05, 3.63) is 129 Å². The Morgan fingerprint density at radius 2 is 0.971 bits per heavy atom. The standard InChI is InChI=1S/C47H43Cl5N8O8/c1-25(61)42(59-57-36-9-5-7-33(40(36)51)44(63)53-31-13-11-27(17-19-48)38(22-31)67-3)46(65)55-30-15-16-35(29(21-30)24-50)56-47(66)43(26(2)62)60-58-37-10-6-8-34(41(37)52)45(64)54-32-14-12-28(18-20-49)39(23-32)68-4/h5-16,21-23,42-43H,17-20,24H2,1-4H3,(H,53,63)(H,54,64)(H,55,65)(H,56,66). The number of alkyl halides is 3. The number of methoxy groups -OCH3 is 2. The van der Waals surface area contributed by atoms with Gasteiger partial charge < -0.3 is 30.7 Å². The second-order valence-electron chi connectivity index (χ2n) is 14.6. The first-order valence-electron chi connectivity index (χ1n) is 20.4. The van der Waals surface area contributed by atoms with Crippen LogP contribution in [0.25, 0.3) is 0 Å². The summed E-state index contributed by atoms with van der Waals surface area (Å²) in [5.41, 5.74) is 3.41. The molecule has 0 heterocycles. The highest BCUT2D eigenvalue weighted by Crippen LogP contribution is 2.33. The molecule has 0 fully saturated rings. The zero-order valence-electron chi connectivity index (χ0n) is 36.8. The third-order valence-corrected chi connectivity index (χ3v) is 11.3. The Bertz CT molecular complexity index is 2790. The SMILES string of the molecule is COc1cc(NC(=O)c2cccc(N=NC(C(C)=O)C(=O)Nc3ccc(NC(=O)C(N=Nc4cccc(C(=O)Nc5ccc(CCCl)c(OC)c5)c4Cl)C(C)=O)c(CCl)c3)c2Cl)ccc1CCCl. The number of nitrogens with one attached hydrogen (secondary N) is 4. The van der Waals surface area contributed by atoms with Crippen LogP contribution in [0.4, 0.5) is 34.1 Å². The van der Waals surface area contributed by atoms with Crippen molar-refractivity contribution in [3.8, 4) is 11.5 Å². The van der Waals surface area contributed by atoms with Crippen LogP contribution in [0.15, 0.2) is 111 Å². The van der Waals surface area contributed by atoms with E-state index in [0.29, 0.717) is 53.0 Å². The number of ketones is 2. The lowest BCUT2D eigenvalue weighted by Gasteiger charge is -2.15. The molecule has 0 spiro atoms. The maximum absolute atomic E-state index is 13.4. The first-order valence-corrected chi connectivity index (χ1v) is 22.8. The summed E-state index contributed by atoms with van der Waals surface area (Å²) in [4.78, 5) is 78.6. The molecule has 0 radical (unpaired) electrons. The van der Waals surface area contributed by atoms with Crippen LogP contribution < -0.4 is 30.7 Å². The van der Waals surface area contributed by atoms with Gasteiger partial charge in [0.1, 0.15) is 22.9 Å². The monoisotopic (exact) mass is 1020 g/mol. The molecule has 0 aliphatic carbocycles. The van der Waals surface area contributed by atoms with Gasteiger partial charge in [-0.3, -0.25) is 28.8 Å². The molecule has 5 aromatic rings. The number of rotatable bonds is 21. The first-order chi connectivity index (χ1) is 32.6. The molecule has 0 bridgehead atoms. The molecule has 354 valence electrons.